The highest BCUT2D eigenvalue weighted by molar-refractivity contribution is 5.93. The molecule has 1 amide bonds. The van der Waals surface area contributed by atoms with Crippen molar-refractivity contribution < 1.29 is 33.4 Å². The molecule has 1 aromatic carbocycles. The number of esters is 2. The van der Waals surface area contributed by atoms with Gasteiger partial charge in [0.15, 0.2) is 12.3 Å². The largest absolute Gasteiger partial charge is 0.471 e. The predicted molar refractivity (Wildman–Crippen MR) is 110 cm³/mol. The Morgan fingerprint density at radius 2 is 1.90 bits per heavy atom. The Morgan fingerprint density at radius 1 is 1.19 bits per heavy atom. The van der Waals surface area contributed by atoms with E-state index in [2.05, 4.69) is 0 Å². The molecule has 31 heavy (non-hydrogen) atoms. The number of fused-ring (bicyclic) bond motifs is 1. The second kappa shape index (κ2) is 9.16. The number of β-lactam (4-membered cyclic amide) rings is 1. The lowest BCUT2D eigenvalue weighted by molar-refractivity contribution is -0.179. The van der Waals surface area contributed by atoms with E-state index in [9.17, 15) is 19.2 Å². The van der Waals surface area contributed by atoms with Gasteiger partial charge < -0.3 is 14.2 Å². The van der Waals surface area contributed by atoms with Crippen LogP contribution in [0.4, 0.5) is 0 Å². The minimum absolute atomic E-state index is 0.0932. The van der Waals surface area contributed by atoms with Crippen LogP contribution in [0.3, 0.4) is 0 Å². The third-order valence-electron chi connectivity index (χ3n) is 4.87. The SMILES string of the molecule is CC(C)(C)C(=O)OCOC(=O)C1/C(=C(/C=O)C/C=C/c2ccccc2)O[C@@H]2CC(=O)N12. The van der Waals surface area contributed by atoms with Gasteiger partial charge in [-0.25, -0.2) is 4.79 Å². The molecule has 2 heterocycles. The van der Waals surface area contributed by atoms with Crippen molar-refractivity contribution in [3.05, 3.63) is 53.3 Å². The number of nitrogens with zero attached hydrogens (tertiary/aromatic N) is 1. The molecule has 2 saturated heterocycles. The van der Waals surface area contributed by atoms with Crippen LogP contribution in [0.15, 0.2) is 47.7 Å². The average molecular weight is 427 g/mol. The second-order valence-corrected chi connectivity index (χ2v) is 8.27. The van der Waals surface area contributed by atoms with Crippen molar-refractivity contribution in [3.63, 3.8) is 0 Å². The summed E-state index contributed by atoms with van der Waals surface area (Å²) in [6.07, 6.45) is 3.97. The fraction of sp³-hybridized carbons (Fsp3) is 0.391. The van der Waals surface area contributed by atoms with Crippen LogP contribution in [0, 0.1) is 5.41 Å². The Balaban J connectivity index is 1.73. The molecule has 0 aromatic heterocycles. The third-order valence-corrected chi connectivity index (χ3v) is 4.87. The smallest absolute Gasteiger partial charge is 0.339 e. The topological polar surface area (TPSA) is 99.2 Å². The van der Waals surface area contributed by atoms with Crippen molar-refractivity contribution in [1.82, 2.24) is 4.90 Å². The summed E-state index contributed by atoms with van der Waals surface area (Å²) in [6, 6.07) is 8.35. The summed E-state index contributed by atoms with van der Waals surface area (Å²) in [7, 11) is 0. The minimum Gasteiger partial charge on any atom is -0.471 e. The van der Waals surface area contributed by atoms with E-state index in [-0.39, 0.29) is 30.1 Å². The van der Waals surface area contributed by atoms with Crippen LogP contribution in [-0.2, 0) is 33.4 Å². The maximum absolute atomic E-state index is 12.7. The zero-order chi connectivity index (χ0) is 22.6. The summed E-state index contributed by atoms with van der Waals surface area (Å²) >= 11 is 0. The van der Waals surface area contributed by atoms with Gasteiger partial charge >= 0.3 is 11.9 Å². The van der Waals surface area contributed by atoms with Crippen LogP contribution in [0.5, 0.6) is 0 Å². The molecule has 0 N–H and O–H groups in total. The molecular weight excluding hydrogens is 402 g/mol. The highest BCUT2D eigenvalue weighted by atomic mass is 16.7. The summed E-state index contributed by atoms with van der Waals surface area (Å²) in [6.45, 7) is 4.43. The number of benzene rings is 1. The Labute approximate surface area is 180 Å². The molecule has 1 aromatic rings. The van der Waals surface area contributed by atoms with E-state index in [1.807, 2.05) is 36.4 Å². The number of hydrogen-bond donors (Lipinski definition) is 0. The zero-order valence-corrected chi connectivity index (χ0v) is 17.7. The number of hydrogen-bond acceptors (Lipinski definition) is 7. The predicted octanol–water partition coefficient (Wildman–Crippen LogP) is 2.59. The summed E-state index contributed by atoms with van der Waals surface area (Å²) < 4.78 is 15.7. The molecule has 0 spiro atoms. The van der Waals surface area contributed by atoms with E-state index < -0.39 is 36.4 Å². The van der Waals surface area contributed by atoms with E-state index in [1.54, 1.807) is 26.8 Å². The third kappa shape index (κ3) is 5.02. The van der Waals surface area contributed by atoms with Gasteiger partial charge in [0, 0.05) is 5.57 Å². The molecule has 3 rings (SSSR count). The van der Waals surface area contributed by atoms with Crippen LogP contribution >= 0.6 is 0 Å². The maximum atomic E-state index is 12.7. The first kappa shape index (κ1) is 22.3. The number of carbonyl (C=O) groups excluding carboxylic acids is 4. The number of carbonyl (C=O) groups is 4. The fourth-order valence-electron chi connectivity index (χ4n) is 3.15. The van der Waals surface area contributed by atoms with Crippen LogP contribution in [0.1, 0.15) is 39.2 Å². The Bertz CT molecular complexity index is 927. The van der Waals surface area contributed by atoms with E-state index in [0.717, 1.165) is 5.56 Å². The van der Waals surface area contributed by atoms with E-state index in [1.165, 1.54) is 4.90 Å². The molecule has 0 saturated carbocycles. The van der Waals surface area contributed by atoms with Crippen molar-refractivity contribution in [3.8, 4) is 0 Å². The summed E-state index contributed by atoms with van der Waals surface area (Å²) in [5.41, 5.74) is 0.450. The van der Waals surface area contributed by atoms with Crippen LogP contribution in [0.2, 0.25) is 0 Å². The van der Waals surface area contributed by atoms with E-state index in [4.69, 9.17) is 14.2 Å². The monoisotopic (exact) mass is 427 g/mol. The van der Waals surface area contributed by atoms with Gasteiger partial charge in [-0.15, -0.1) is 0 Å². The molecule has 8 nitrogen and oxygen atoms in total. The highest BCUT2D eigenvalue weighted by Gasteiger charge is 2.55. The number of ether oxygens (including phenoxy) is 3. The number of allylic oxidation sites excluding steroid dienone is 2. The number of rotatable bonds is 7. The number of amides is 1. The normalized spacial score (nSPS) is 21.8. The Hall–Kier alpha value is -3.42. The van der Waals surface area contributed by atoms with Gasteiger partial charge in [-0.2, -0.15) is 0 Å². The van der Waals surface area contributed by atoms with Crippen molar-refractivity contribution >= 4 is 30.2 Å². The highest BCUT2D eigenvalue weighted by Crippen LogP contribution is 2.38. The van der Waals surface area contributed by atoms with Crippen molar-refractivity contribution in [1.29, 1.82) is 0 Å². The lowest BCUT2D eigenvalue weighted by Gasteiger charge is -2.33. The van der Waals surface area contributed by atoms with Gasteiger partial charge in [0.05, 0.1) is 11.8 Å². The first-order chi connectivity index (χ1) is 14.7. The standard InChI is InChI=1S/C23H25NO7/c1-23(2,3)22(28)30-14-29-21(27)19-20(31-18-12-17(26)24(18)19)16(13-25)11-7-10-15-8-5-4-6-9-15/h4-10,13,18-19H,11-12,14H2,1-3H3/b10-7+,20-16-/t18-,19?/m1/s1. The minimum atomic E-state index is -1.18. The first-order valence-corrected chi connectivity index (χ1v) is 9.94. The number of aldehydes is 1. The average Bonchev–Trinajstić information content (AvgIpc) is 3.04. The second-order valence-electron chi connectivity index (χ2n) is 8.27. The summed E-state index contributed by atoms with van der Waals surface area (Å²) in [5.74, 6) is -1.54. The zero-order valence-electron chi connectivity index (χ0n) is 17.7. The molecule has 0 bridgehead atoms. The molecule has 2 fully saturated rings. The van der Waals surface area contributed by atoms with Crippen molar-refractivity contribution in [2.75, 3.05) is 6.79 Å². The fourth-order valence-corrected chi connectivity index (χ4v) is 3.15. The molecule has 1 unspecified atom stereocenters. The van der Waals surface area contributed by atoms with Gasteiger partial charge in [-0.3, -0.25) is 19.3 Å². The summed E-state index contributed by atoms with van der Waals surface area (Å²) in [5, 5.41) is 0. The van der Waals surface area contributed by atoms with E-state index in [0.29, 0.717) is 6.29 Å². The van der Waals surface area contributed by atoms with Gasteiger partial charge in [-0.05, 0) is 32.8 Å². The van der Waals surface area contributed by atoms with Gasteiger partial charge in [0.2, 0.25) is 12.7 Å². The lowest BCUT2D eigenvalue weighted by Crippen LogP contribution is -2.55. The molecule has 8 heteroatoms. The maximum Gasteiger partial charge on any atom is 0.339 e. The molecule has 0 aliphatic carbocycles. The molecule has 164 valence electrons. The first-order valence-electron chi connectivity index (χ1n) is 9.94. The Kier molecular flexibility index (Phi) is 6.58. The molecule has 0 radical (unpaired) electrons. The molecule has 2 aliphatic rings. The van der Waals surface area contributed by atoms with Gasteiger partial charge in [0.25, 0.3) is 0 Å². The molecule has 2 aliphatic heterocycles. The summed E-state index contributed by atoms with van der Waals surface area (Å²) in [4.78, 5) is 49.5. The van der Waals surface area contributed by atoms with E-state index >= 15 is 0 Å². The van der Waals surface area contributed by atoms with Crippen LogP contribution in [0.25, 0.3) is 6.08 Å². The quantitative estimate of drug-likeness (QED) is 0.217. The lowest BCUT2D eigenvalue weighted by atomic mass is 9.98. The Morgan fingerprint density at radius 3 is 2.52 bits per heavy atom. The van der Waals surface area contributed by atoms with Crippen LogP contribution < -0.4 is 0 Å². The van der Waals surface area contributed by atoms with Gasteiger partial charge in [0.1, 0.15) is 12.0 Å². The van der Waals surface area contributed by atoms with Crippen LogP contribution in [-0.4, -0.2) is 48.1 Å². The van der Waals surface area contributed by atoms with Crippen molar-refractivity contribution in [2.45, 2.75) is 45.9 Å². The molecular formula is C23H25NO7. The van der Waals surface area contributed by atoms with Gasteiger partial charge in [-0.1, -0.05) is 42.5 Å². The molecule has 2 atom stereocenters. The van der Waals surface area contributed by atoms with Crippen molar-refractivity contribution in [2.24, 2.45) is 5.41 Å².